The van der Waals surface area contributed by atoms with Crippen molar-refractivity contribution in [1.82, 2.24) is 15.5 Å². The van der Waals surface area contributed by atoms with Crippen molar-refractivity contribution in [2.45, 2.75) is 19.1 Å². The molecule has 21 heavy (non-hydrogen) atoms. The van der Waals surface area contributed by atoms with Crippen molar-refractivity contribution in [3.63, 3.8) is 0 Å². The molecule has 0 bridgehead atoms. The molecule has 2 aromatic rings. The SMILES string of the molecule is CN(C)c1noc(CNC(=O)[C@H]2Cc3ccccc3O2)n1. The number of carbonyl (C=O) groups is 1. The standard InChI is InChI=1S/C14H16N4O3/c1-18(2)14-16-12(21-17-14)8-15-13(19)11-7-9-5-3-4-6-10(9)20-11/h3-6,11H,7-8H2,1-2H3,(H,15,19)/t11-/m1/s1. The second kappa shape index (κ2) is 5.43. The first kappa shape index (κ1) is 13.4. The van der Waals surface area contributed by atoms with Crippen LogP contribution in [0.5, 0.6) is 5.75 Å². The van der Waals surface area contributed by atoms with Crippen LogP contribution in [0, 0.1) is 0 Å². The van der Waals surface area contributed by atoms with Crippen molar-refractivity contribution in [2.24, 2.45) is 0 Å². The van der Waals surface area contributed by atoms with Crippen molar-refractivity contribution in [3.8, 4) is 5.75 Å². The van der Waals surface area contributed by atoms with Crippen LogP contribution in [0.3, 0.4) is 0 Å². The Labute approximate surface area is 121 Å². The maximum atomic E-state index is 12.1. The Hall–Kier alpha value is -2.57. The zero-order valence-corrected chi connectivity index (χ0v) is 11.9. The zero-order valence-electron chi connectivity index (χ0n) is 11.9. The van der Waals surface area contributed by atoms with E-state index in [1.807, 2.05) is 38.4 Å². The summed E-state index contributed by atoms with van der Waals surface area (Å²) in [5.41, 5.74) is 1.05. The molecule has 1 aromatic carbocycles. The molecule has 1 amide bonds. The van der Waals surface area contributed by atoms with E-state index in [1.54, 1.807) is 4.90 Å². The number of fused-ring (bicyclic) bond motifs is 1. The Morgan fingerprint density at radius 2 is 2.24 bits per heavy atom. The molecule has 0 aliphatic carbocycles. The first-order valence-corrected chi connectivity index (χ1v) is 6.65. The molecule has 0 radical (unpaired) electrons. The summed E-state index contributed by atoms with van der Waals surface area (Å²) in [5.74, 6) is 1.42. The number of carbonyl (C=O) groups excluding carboxylic acids is 1. The average Bonchev–Trinajstić information content (AvgIpc) is 3.11. The predicted octanol–water partition coefficient (Wildman–Crippen LogP) is 0.755. The van der Waals surface area contributed by atoms with Crippen LogP contribution >= 0.6 is 0 Å². The highest BCUT2D eigenvalue weighted by atomic mass is 16.5. The molecule has 1 aliphatic heterocycles. The van der Waals surface area contributed by atoms with E-state index in [2.05, 4.69) is 15.5 Å². The van der Waals surface area contributed by atoms with Crippen LogP contribution in [0.25, 0.3) is 0 Å². The fraction of sp³-hybridized carbons (Fsp3) is 0.357. The summed E-state index contributed by atoms with van der Waals surface area (Å²) >= 11 is 0. The third-order valence-corrected chi connectivity index (χ3v) is 3.21. The molecule has 7 nitrogen and oxygen atoms in total. The highest BCUT2D eigenvalue weighted by molar-refractivity contribution is 5.82. The average molecular weight is 288 g/mol. The maximum Gasteiger partial charge on any atom is 0.265 e. The molecule has 7 heteroatoms. The number of rotatable bonds is 4. The molecule has 0 spiro atoms. The molecule has 1 atom stereocenters. The molecule has 1 aliphatic rings. The minimum Gasteiger partial charge on any atom is -0.480 e. The molecule has 3 rings (SSSR count). The van der Waals surface area contributed by atoms with E-state index in [4.69, 9.17) is 9.26 Å². The van der Waals surface area contributed by atoms with Crippen LogP contribution in [0.15, 0.2) is 28.8 Å². The van der Waals surface area contributed by atoms with E-state index < -0.39 is 6.10 Å². The summed E-state index contributed by atoms with van der Waals surface area (Å²) in [7, 11) is 3.63. The lowest BCUT2D eigenvalue weighted by Crippen LogP contribution is -2.37. The summed E-state index contributed by atoms with van der Waals surface area (Å²) in [6.45, 7) is 0.190. The van der Waals surface area contributed by atoms with Gasteiger partial charge in [-0.25, -0.2) is 0 Å². The lowest BCUT2D eigenvalue weighted by atomic mass is 10.1. The monoisotopic (exact) mass is 288 g/mol. The Bertz CT molecular complexity index is 628. The zero-order chi connectivity index (χ0) is 14.8. The number of hydrogen-bond donors (Lipinski definition) is 1. The number of anilines is 1. The lowest BCUT2D eigenvalue weighted by molar-refractivity contribution is -0.127. The van der Waals surface area contributed by atoms with E-state index in [1.165, 1.54) is 0 Å². The van der Waals surface area contributed by atoms with E-state index in [-0.39, 0.29) is 12.5 Å². The molecular formula is C14H16N4O3. The quantitative estimate of drug-likeness (QED) is 0.894. The molecule has 110 valence electrons. The van der Waals surface area contributed by atoms with Gasteiger partial charge >= 0.3 is 0 Å². The van der Waals surface area contributed by atoms with Crippen LogP contribution in [-0.4, -0.2) is 36.2 Å². The van der Waals surface area contributed by atoms with Crippen LogP contribution in [0.1, 0.15) is 11.5 Å². The summed E-state index contributed by atoms with van der Waals surface area (Å²) in [4.78, 5) is 18.0. The van der Waals surface area contributed by atoms with Gasteiger partial charge in [-0.05, 0) is 16.8 Å². The number of hydrogen-bond acceptors (Lipinski definition) is 6. The van der Waals surface area contributed by atoms with Crippen molar-refractivity contribution in [1.29, 1.82) is 0 Å². The molecule has 0 fully saturated rings. The van der Waals surface area contributed by atoms with Gasteiger partial charge in [0.05, 0.1) is 6.54 Å². The second-order valence-electron chi connectivity index (χ2n) is 5.02. The largest absolute Gasteiger partial charge is 0.480 e. The van der Waals surface area contributed by atoms with Gasteiger partial charge in [0, 0.05) is 20.5 Å². The van der Waals surface area contributed by atoms with Crippen molar-refractivity contribution >= 4 is 11.9 Å². The summed E-state index contributed by atoms with van der Waals surface area (Å²) < 4.78 is 10.7. The Balaban J connectivity index is 1.55. The van der Waals surface area contributed by atoms with Gasteiger partial charge in [0.2, 0.25) is 5.89 Å². The topological polar surface area (TPSA) is 80.5 Å². The smallest absolute Gasteiger partial charge is 0.265 e. The lowest BCUT2D eigenvalue weighted by Gasteiger charge is -2.09. The van der Waals surface area contributed by atoms with Crippen LogP contribution in [0.2, 0.25) is 0 Å². The van der Waals surface area contributed by atoms with Gasteiger partial charge in [-0.1, -0.05) is 18.2 Å². The summed E-state index contributed by atoms with van der Waals surface area (Å²) in [6.07, 6.45) is 0.0769. The number of nitrogens with one attached hydrogen (secondary N) is 1. The molecular weight excluding hydrogens is 272 g/mol. The predicted molar refractivity (Wildman–Crippen MR) is 75.0 cm³/mol. The molecule has 0 saturated heterocycles. The Morgan fingerprint density at radius 3 is 2.95 bits per heavy atom. The van der Waals surface area contributed by atoms with Gasteiger partial charge in [-0.15, -0.1) is 0 Å². The molecule has 1 N–H and O–H groups in total. The number of nitrogens with zero attached hydrogens (tertiary/aromatic N) is 3. The van der Waals surface area contributed by atoms with Gasteiger partial charge in [0.15, 0.2) is 6.10 Å². The van der Waals surface area contributed by atoms with E-state index in [9.17, 15) is 4.79 Å². The first-order chi connectivity index (χ1) is 10.1. The normalized spacial score (nSPS) is 16.2. The number of benzene rings is 1. The maximum absolute atomic E-state index is 12.1. The van der Waals surface area contributed by atoms with Gasteiger partial charge in [-0.2, -0.15) is 4.98 Å². The number of ether oxygens (including phenoxy) is 1. The summed E-state index contributed by atoms with van der Waals surface area (Å²) in [6, 6.07) is 7.65. The van der Waals surface area contributed by atoms with Crippen molar-refractivity contribution in [2.75, 3.05) is 19.0 Å². The first-order valence-electron chi connectivity index (χ1n) is 6.65. The van der Waals surface area contributed by atoms with Gasteiger partial charge in [0.1, 0.15) is 5.75 Å². The van der Waals surface area contributed by atoms with Crippen LogP contribution in [-0.2, 0) is 17.8 Å². The van der Waals surface area contributed by atoms with Crippen molar-refractivity contribution in [3.05, 3.63) is 35.7 Å². The second-order valence-corrected chi connectivity index (χ2v) is 5.02. The van der Waals surface area contributed by atoms with Crippen LogP contribution in [0.4, 0.5) is 5.95 Å². The minimum atomic E-state index is -0.501. The number of para-hydroxylation sites is 1. The molecule has 0 saturated carbocycles. The molecule has 0 unspecified atom stereocenters. The molecule has 2 heterocycles. The Morgan fingerprint density at radius 1 is 1.43 bits per heavy atom. The van der Waals surface area contributed by atoms with E-state index >= 15 is 0 Å². The minimum absolute atomic E-state index is 0.184. The Kier molecular flexibility index (Phi) is 3.47. The summed E-state index contributed by atoms with van der Waals surface area (Å²) in [5, 5.41) is 6.53. The third-order valence-electron chi connectivity index (χ3n) is 3.21. The third kappa shape index (κ3) is 2.81. The number of amides is 1. The highest BCUT2D eigenvalue weighted by Gasteiger charge is 2.28. The van der Waals surface area contributed by atoms with Crippen molar-refractivity contribution < 1.29 is 14.1 Å². The highest BCUT2D eigenvalue weighted by Crippen LogP contribution is 2.28. The van der Waals surface area contributed by atoms with Gasteiger partial charge in [-0.3, -0.25) is 4.79 Å². The fourth-order valence-corrected chi connectivity index (χ4v) is 2.10. The van der Waals surface area contributed by atoms with E-state index in [0.29, 0.717) is 18.3 Å². The number of aromatic nitrogens is 2. The molecule has 1 aromatic heterocycles. The van der Waals surface area contributed by atoms with Crippen LogP contribution < -0.4 is 15.0 Å². The van der Waals surface area contributed by atoms with Gasteiger partial charge in [0.25, 0.3) is 11.9 Å². The van der Waals surface area contributed by atoms with Gasteiger partial charge < -0.3 is 19.5 Å². The fourth-order valence-electron chi connectivity index (χ4n) is 2.10. The van der Waals surface area contributed by atoms with E-state index in [0.717, 1.165) is 11.3 Å².